The number of likely N-dealkylation sites (N-methyl/N-ethyl adjacent to an activating group) is 1. The van der Waals surface area contributed by atoms with Gasteiger partial charge in [0.2, 0.25) is 0 Å². The van der Waals surface area contributed by atoms with E-state index in [0.717, 1.165) is 0 Å². The quantitative estimate of drug-likeness (QED) is 0.637. The Morgan fingerprint density at radius 2 is 1.75 bits per heavy atom. The maximum Gasteiger partial charge on any atom is 0.387 e. The van der Waals surface area contributed by atoms with Gasteiger partial charge in [0, 0.05) is 12.2 Å². The summed E-state index contributed by atoms with van der Waals surface area (Å²) < 4.78 is 39.3. The first-order valence-electron chi connectivity index (χ1n) is 8.57. The highest BCUT2D eigenvalue weighted by Gasteiger charge is 2.25. The number of alkyl halides is 2. The first kappa shape index (κ1) is 21.1. The summed E-state index contributed by atoms with van der Waals surface area (Å²) in [5.41, 5.74) is 0.731. The summed E-state index contributed by atoms with van der Waals surface area (Å²) >= 11 is 0. The van der Waals surface area contributed by atoms with Gasteiger partial charge in [-0.05, 0) is 44.2 Å². The van der Waals surface area contributed by atoms with Crippen LogP contribution in [-0.2, 0) is 9.53 Å². The van der Waals surface area contributed by atoms with Gasteiger partial charge in [0.25, 0.3) is 5.91 Å². The van der Waals surface area contributed by atoms with Gasteiger partial charge in [0.05, 0.1) is 12.7 Å². The Hall–Kier alpha value is -3.16. The van der Waals surface area contributed by atoms with E-state index in [1.807, 2.05) is 13.0 Å². The van der Waals surface area contributed by atoms with Crippen molar-refractivity contribution < 1.29 is 32.6 Å². The lowest BCUT2D eigenvalue weighted by Gasteiger charge is -2.24. The largest absolute Gasteiger partial charge is 0.493 e. The minimum absolute atomic E-state index is 0.0425. The predicted octanol–water partition coefficient (Wildman–Crippen LogP) is 3.90. The van der Waals surface area contributed by atoms with Gasteiger partial charge in [0.1, 0.15) is 0 Å². The summed E-state index contributed by atoms with van der Waals surface area (Å²) in [7, 11) is 1.26. The van der Waals surface area contributed by atoms with Gasteiger partial charge >= 0.3 is 12.6 Å². The van der Waals surface area contributed by atoms with E-state index in [4.69, 9.17) is 9.47 Å². The molecule has 6 nitrogen and oxygen atoms in total. The second-order valence-electron chi connectivity index (χ2n) is 5.71. The fourth-order valence-corrected chi connectivity index (χ4v) is 2.56. The Labute approximate surface area is 161 Å². The lowest BCUT2D eigenvalue weighted by atomic mass is 10.2. The van der Waals surface area contributed by atoms with E-state index < -0.39 is 18.7 Å². The van der Waals surface area contributed by atoms with Crippen LogP contribution < -0.4 is 14.4 Å². The molecule has 150 valence electrons. The number of anilines is 1. The molecule has 28 heavy (non-hydrogen) atoms. The van der Waals surface area contributed by atoms with Crippen LogP contribution in [-0.4, -0.2) is 38.2 Å². The molecule has 0 radical (unpaired) electrons. The van der Waals surface area contributed by atoms with Crippen molar-refractivity contribution in [2.45, 2.75) is 26.6 Å². The van der Waals surface area contributed by atoms with Gasteiger partial charge in [-0.2, -0.15) is 8.78 Å². The number of hydrogen-bond donors (Lipinski definition) is 0. The smallest absolute Gasteiger partial charge is 0.387 e. The number of para-hydroxylation sites is 1. The Bertz CT molecular complexity index is 813. The second kappa shape index (κ2) is 9.68. The van der Waals surface area contributed by atoms with Crippen LogP contribution in [0.15, 0.2) is 48.5 Å². The monoisotopic (exact) mass is 393 g/mol. The molecule has 0 N–H and O–H groups in total. The molecule has 0 heterocycles. The number of halogens is 2. The van der Waals surface area contributed by atoms with E-state index in [-0.39, 0.29) is 23.0 Å². The number of amides is 1. The van der Waals surface area contributed by atoms with Crippen molar-refractivity contribution in [2.24, 2.45) is 0 Å². The van der Waals surface area contributed by atoms with E-state index >= 15 is 0 Å². The number of benzene rings is 2. The molecule has 0 aliphatic heterocycles. The van der Waals surface area contributed by atoms with E-state index in [9.17, 15) is 18.4 Å². The molecule has 2 aromatic carbocycles. The van der Waals surface area contributed by atoms with Gasteiger partial charge in [-0.1, -0.05) is 18.2 Å². The van der Waals surface area contributed by atoms with Crippen LogP contribution in [0.5, 0.6) is 11.5 Å². The molecule has 0 spiro atoms. The average Bonchev–Trinajstić information content (AvgIpc) is 2.69. The van der Waals surface area contributed by atoms with Crippen molar-refractivity contribution >= 4 is 17.6 Å². The predicted molar refractivity (Wildman–Crippen MR) is 99.0 cm³/mol. The molecule has 1 amide bonds. The third kappa shape index (κ3) is 5.18. The number of hydrogen-bond acceptors (Lipinski definition) is 5. The summed E-state index contributed by atoms with van der Waals surface area (Å²) in [4.78, 5) is 26.5. The van der Waals surface area contributed by atoms with Crippen molar-refractivity contribution in [3.05, 3.63) is 54.1 Å². The Morgan fingerprint density at radius 3 is 2.32 bits per heavy atom. The van der Waals surface area contributed by atoms with Crippen LogP contribution in [0.1, 0.15) is 24.2 Å². The molecule has 0 unspecified atom stereocenters. The molecule has 0 bridgehead atoms. The number of rotatable bonds is 8. The van der Waals surface area contributed by atoms with Crippen LogP contribution in [0.3, 0.4) is 0 Å². The number of carbonyl (C=O) groups is 2. The molecular formula is C20H21F2NO5. The van der Waals surface area contributed by atoms with Gasteiger partial charge in [0.15, 0.2) is 17.6 Å². The summed E-state index contributed by atoms with van der Waals surface area (Å²) in [5.74, 6) is -1.42. The molecule has 8 heteroatoms. The summed E-state index contributed by atoms with van der Waals surface area (Å²) in [5, 5.41) is 0. The molecule has 2 rings (SSSR count). The Morgan fingerprint density at radius 1 is 1.07 bits per heavy atom. The zero-order chi connectivity index (χ0) is 20.7. The van der Waals surface area contributed by atoms with Crippen LogP contribution >= 0.6 is 0 Å². The number of ether oxygens (including phenoxy) is 3. The van der Waals surface area contributed by atoms with E-state index in [1.54, 1.807) is 24.3 Å². The summed E-state index contributed by atoms with van der Waals surface area (Å²) in [6.07, 6.45) is -1.05. The van der Waals surface area contributed by atoms with Crippen LogP contribution in [0.4, 0.5) is 14.5 Å². The Balaban J connectivity index is 2.12. The van der Waals surface area contributed by atoms with Gasteiger partial charge in [-0.15, -0.1) is 0 Å². The number of nitrogens with zero attached hydrogens (tertiary/aromatic N) is 1. The first-order chi connectivity index (χ1) is 13.4. The minimum Gasteiger partial charge on any atom is -0.493 e. The van der Waals surface area contributed by atoms with Crippen molar-refractivity contribution in [2.75, 3.05) is 18.6 Å². The van der Waals surface area contributed by atoms with Crippen LogP contribution in [0.2, 0.25) is 0 Å². The molecule has 0 aliphatic rings. The number of esters is 1. The van der Waals surface area contributed by atoms with E-state index in [1.165, 1.54) is 37.1 Å². The van der Waals surface area contributed by atoms with Crippen molar-refractivity contribution in [1.29, 1.82) is 0 Å². The van der Waals surface area contributed by atoms with Crippen molar-refractivity contribution in [3.63, 3.8) is 0 Å². The standard InChI is InChI=1S/C20H21F2NO5/c1-4-23(15-8-6-5-7-9-15)18(24)13(2)27-19(25)14-10-11-16(28-20(21)22)17(12-14)26-3/h5-13,20H,4H2,1-3H3/t13-/m1/s1. The van der Waals surface area contributed by atoms with Crippen molar-refractivity contribution in [3.8, 4) is 11.5 Å². The lowest BCUT2D eigenvalue weighted by molar-refractivity contribution is -0.126. The van der Waals surface area contributed by atoms with Crippen molar-refractivity contribution in [1.82, 2.24) is 0 Å². The number of carbonyl (C=O) groups excluding carboxylic acids is 2. The topological polar surface area (TPSA) is 65.1 Å². The molecule has 0 saturated carbocycles. The normalized spacial score (nSPS) is 11.6. The van der Waals surface area contributed by atoms with E-state index in [0.29, 0.717) is 12.2 Å². The summed E-state index contributed by atoms with van der Waals surface area (Å²) in [6, 6.07) is 12.6. The molecule has 0 aliphatic carbocycles. The fraction of sp³-hybridized carbons (Fsp3) is 0.300. The second-order valence-corrected chi connectivity index (χ2v) is 5.71. The third-order valence-electron chi connectivity index (χ3n) is 3.90. The van der Waals surface area contributed by atoms with Gasteiger partial charge in [-0.25, -0.2) is 4.79 Å². The highest BCUT2D eigenvalue weighted by Crippen LogP contribution is 2.30. The molecule has 1 atom stereocenters. The molecule has 0 fully saturated rings. The van der Waals surface area contributed by atoms with E-state index in [2.05, 4.69) is 4.74 Å². The molecule has 0 aromatic heterocycles. The maximum atomic E-state index is 12.7. The van der Waals surface area contributed by atoms with Gasteiger partial charge in [-0.3, -0.25) is 4.79 Å². The molecule has 0 saturated heterocycles. The van der Waals surface area contributed by atoms with Crippen LogP contribution in [0.25, 0.3) is 0 Å². The lowest BCUT2D eigenvalue weighted by Crippen LogP contribution is -2.40. The number of methoxy groups -OCH3 is 1. The SMILES string of the molecule is CCN(C(=O)[C@@H](C)OC(=O)c1ccc(OC(F)F)c(OC)c1)c1ccccc1. The minimum atomic E-state index is -3.03. The first-order valence-corrected chi connectivity index (χ1v) is 8.57. The van der Waals surface area contributed by atoms with Gasteiger partial charge < -0.3 is 19.1 Å². The zero-order valence-electron chi connectivity index (χ0n) is 15.7. The summed E-state index contributed by atoms with van der Waals surface area (Å²) in [6.45, 7) is 0.657. The highest BCUT2D eigenvalue weighted by molar-refractivity contribution is 5.99. The zero-order valence-corrected chi connectivity index (χ0v) is 15.7. The fourth-order valence-electron chi connectivity index (χ4n) is 2.56. The van der Waals surface area contributed by atoms with Crippen LogP contribution in [0, 0.1) is 0 Å². The highest BCUT2D eigenvalue weighted by atomic mass is 19.3. The third-order valence-corrected chi connectivity index (χ3v) is 3.90. The Kier molecular flexibility index (Phi) is 7.31. The molecule has 2 aromatic rings. The molecular weight excluding hydrogens is 372 g/mol. The maximum absolute atomic E-state index is 12.7. The average molecular weight is 393 g/mol.